The number of hydrogen-bond acceptors (Lipinski definition) is 4. The number of pyridine rings is 1. The highest BCUT2D eigenvalue weighted by molar-refractivity contribution is 5.90. The lowest BCUT2D eigenvalue weighted by Gasteiger charge is -2.07. The summed E-state index contributed by atoms with van der Waals surface area (Å²) in [4.78, 5) is 23.8. The van der Waals surface area contributed by atoms with E-state index >= 15 is 0 Å². The van der Waals surface area contributed by atoms with Gasteiger partial charge >= 0.3 is 12.2 Å². The van der Waals surface area contributed by atoms with E-state index in [9.17, 15) is 18.0 Å². The van der Waals surface area contributed by atoms with Crippen molar-refractivity contribution in [1.29, 1.82) is 0 Å². The highest BCUT2D eigenvalue weighted by Crippen LogP contribution is 2.39. The van der Waals surface area contributed by atoms with Gasteiger partial charge in [0.05, 0.1) is 6.20 Å². The summed E-state index contributed by atoms with van der Waals surface area (Å²) in [5.74, 6) is 1.31. The molecule has 1 aliphatic carbocycles. The Morgan fingerprint density at radius 3 is 2.92 bits per heavy atom. The van der Waals surface area contributed by atoms with Gasteiger partial charge in [-0.1, -0.05) is 0 Å². The van der Waals surface area contributed by atoms with Gasteiger partial charge in [-0.15, -0.1) is 0 Å². The number of imidazole rings is 1. The number of amides is 1. The zero-order chi connectivity index (χ0) is 17.6. The third kappa shape index (κ3) is 3.19. The van der Waals surface area contributed by atoms with E-state index in [0.29, 0.717) is 28.2 Å². The van der Waals surface area contributed by atoms with Crippen LogP contribution in [0.5, 0.6) is 0 Å². The lowest BCUT2D eigenvalue weighted by molar-refractivity contribution is -0.122. The predicted molar refractivity (Wildman–Crippen MR) is 81.9 cm³/mol. The van der Waals surface area contributed by atoms with Crippen LogP contribution in [0.3, 0.4) is 0 Å². The van der Waals surface area contributed by atoms with Gasteiger partial charge in [0.1, 0.15) is 17.9 Å². The smallest absolute Gasteiger partial charge is 0.327 e. The number of nitrogens with one attached hydrogen (secondary N) is 2. The molecular weight excluding hydrogens is 337 g/mol. The van der Waals surface area contributed by atoms with Crippen molar-refractivity contribution < 1.29 is 18.0 Å². The number of halogens is 3. The van der Waals surface area contributed by atoms with E-state index in [1.165, 1.54) is 12.4 Å². The number of H-pyrrole nitrogens is 1. The molecule has 2 N–H and O–H groups in total. The second-order valence-electron chi connectivity index (χ2n) is 5.90. The van der Waals surface area contributed by atoms with Crippen LogP contribution in [0, 0.1) is 0 Å². The molecule has 0 bridgehead atoms. The molecule has 0 atom stereocenters. The molecule has 3 heterocycles. The van der Waals surface area contributed by atoms with E-state index in [2.05, 4.69) is 20.1 Å². The van der Waals surface area contributed by atoms with E-state index in [1.54, 1.807) is 17.6 Å². The normalized spacial score (nSPS) is 14.8. The van der Waals surface area contributed by atoms with Crippen LogP contribution in [0.1, 0.15) is 24.6 Å². The monoisotopic (exact) mass is 350 g/mol. The molecule has 25 heavy (non-hydrogen) atoms. The molecule has 1 saturated carbocycles. The van der Waals surface area contributed by atoms with Crippen LogP contribution in [0.15, 0.2) is 24.7 Å². The average Bonchev–Trinajstić information content (AvgIpc) is 3.13. The van der Waals surface area contributed by atoms with Gasteiger partial charge in [0, 0.05) is 29.4 Å². The molecule has 0 unspecified atom stereocenters. The zero-order valence-corrected chi connectivity index (χ0v) is 12.8. The molecule has 3 aromatic rings. The van der Waals surface area contributed by atoms with Crippen LogP contribution in [-0.4, -0.2) is 43.5 Å². The lowest BCUT2D eigenvalue weighted by Crippen LogP contribution is -2.36. The molecule has 10 heteroatoms. The number of hydrogen-bond donors (Lipinski definition) is 2. The average molecular weight is 350 g/mol. The lowest BCUT2D eigenvalue weighted by atomic mass is 10.1. The van der Waals surface area contributed by atoms with E-state index < -0.39 is 18.8 Å². The van der Waals surface area contributed by atoms with E-state index in [1.807, 2.05) is 0 Å². The van der Waals surface area contributed by atoms with E-state index in [4.69, 9.17) is 0 Å². The first-order valence-corrected chi connectivity index (χ1v) is 7.65. The van der Waals surface area contributed by atoms with Crippen molar-refractivity contribution in [3.05, 3.63) is 30.5 Å². The number of fused-ring (bicyclic) bond motifs is 1. The summed E-state index contributed by atoms with van der Waals surface area (Å²) < 4.78 is 37.4. The Kier molecular flexibility index (Phi) is 3.48. The van der Waals surface area contributed by atoms with Gasteiger partial charge in [-0.2, -0.15) is 23.0 Å². The molecule has 130 valence electrons. The number of rotatable bonds is 3. The highest BCUT2D eigenvalue weighted by atomic mass is 19.4. The number of aromatic amines is 1. The summed E-state index contributed by atoms with van der Waals surface area (Å²) in [6.45, 7) is -1.41. The maximum absolute atomic E-state index is 12.2. The third-order valence-electron chi connectivity index (χ3n) is 3.91. The standard InChI is InChI=1S/C15H13F3N6O/c16-15(17,18)7-20-14(25)24-6-9(5-21-24)10-3-4-19-13-11(10)22-12(23-13)8-1-2-8/h3-6,8H,1-2,7H2,(H,20,25)(H,19,22,23). The van der Waals surface area contributed by atoms with Crippen LogP contribution in [0.2, 0.25) is 0 Å². The molecule has 4 rings (SSSR count). The van der Waals surface area contributed by atoms with Gasteiger partial charge in [-0.05, 0) is 18.9 Å². The van der Waals surface area contributed by atoms with Crippen LogP contribution in [-0.2, 0) is 0 Å². The van der Waals surface area contributed by atoms with Crippen molar-refractivity contribution in [2.75, 3.05) is 6.54 Å². The molecule has 0 aromatic carbocycles. The minimum absolute atomic E-state index is 0.429. The Hall–Kier alpha value is -2.91. The van der Waals surface area contributed by atoms with Gasteiger partial charge in [0.25, 0.3) is 0 Å². The van der Waals surface area contributed by atoms with Crippen molar-refractivity contribution in [2.24, 2.45) is 0 Å². The first kappa shape index (κ1) is 15.6. The quantitative estimate of drug-likeness (QED) is 0.760. The molecule has 0 radical (unpaired) electrons. The van der Waals surface area contributed by atoms with Crippen molar-refractivity contribution >= 4 is 17.2 Å². The fraction of sp³-hybridized carbons (Fsp3) is 0.333. The Morgan fingerprint density at radius 1 is 1.40 bits per heavy atom. The predicted octanol–water partition coefficient (Wildman–Crippen LogP) is 2.82. The van der Waals surface area contributed by atoms with E-state index in [-0.39, 0.29) is 0 Å². The summed E-state index contributed by atoms with van der Waals surface area (Å²) in [6, 6.07) is 0.782. The fourth-order valence-corrected chi connectivity index (χ4v) is 2.54. The Labute approximate surface area is 139 Å². The first-order valence-electron chi connectivity index (χ1n) is 7.65. The first-order chi connectivity index (χ1) is 11.9. The Bertz CT molecular complexity index is 940. The summed E-state index contributed by atoms with van der Waals surface area (Å²) in [5.41, 5.74) is 2.57. The second kappa shape index (κ2) is 5.57. The molecule has 1 aliphatic rings. The number of nitrogens with zero attached hydrogens (tertiary/aromatic N) is 4. The van der Waals surface area contributed by atoms with Crippen LogP contribution in [0.4, 0.5) is 18.0 Å². The summed E-state index contributed by atoms with van der Waals surface area (Å²) >= 11 is 0. The van der Waals surface area contributed by atoms with Gasteiger partial charge < -0.3 is 10.3 Å². The molecular formula is C15H13F3N6O. The van der Waals surface area contributed by atoms with Crippen LogP contribution in [0.25, 0.3) is 22.3 Å². The van der Waals surface area contributed by atoms with Gasteiger partial charge in [0.15, 0.2) is 5.65 Å². The van der Waals surface area contributed by atoms with E-state index in [0.717, 1.165) is 23.3 Å². The van der Waals surface area contributed by atoms with Gasteiger partial charge in [-0.3, -0.25) is 0 Å². The summed E-state index contributed by atoms with van der Waals surface area (Å²) in [5, 5.41) is 5.60. The van der Waals surface area contributed by atoms with Gasteiger partial charge in [0.2, 0.25) is 0 Å². The molecule has 0 aliphatic heterocycles. The molecule has 1 amide bonds. The summed E-state index contributed by atoms with van der Waals surface area (Å²) in [7, 11) is 0. The maximum atomic E-state index is 12.2. The fourth-order valence-electron chi connectivity index (χ4n) is 2.54. The topological polar surface area (TPSA) is 88.5 Å². The van der Waals surface area contributed by atoms with Crippen LogP contribution >= 0.6 is 0 Å². The number of alkyl halides is 3. The molecule has 0 spiro atoms. The van der Waals surface area contributed by atoms with Crippen molar-refractivity contribution in [1.82, 2.24) is 30.0 Å². The second-order valence-corrected chi connectivity index (χ2v) is 5.90. The maximum Gasteiger partial charge on any atom is 0.405 e. The summed E-state index contributed by atoms with van der Waals surface area (Å²) in [6.07, 6.45) is 2.09. The zero-order valence-electron chi connectivity index (χ0n) is 12.8. The van der Waals surface area contributed by atoms with Crippen molar-refractivity contribution in [2.45, 2.75) is 24.9 Å². The number of aromatic nitrogens is 5. The van der Waals surface area contributed by atoms with Gasteiger partial charge in [-0.25, -0.2) is 14.8 Å². The number of carbonyl (C=O) groups is 1. The van der Waals surface area contributed by atoms with Crippen LogP contribution < -0.4 is 5.32 Å². The molecule has 0 saturated heterocycles. The SMILES string of the molecule is O=C(NCC(F)(F)F)n1cc(-c2ccnc3[nH]c(C4CC4)nc23)cn1. The minimum Gasteiger partial charge on any atom is -0.327 e. The molecule has 7 nitrogen and oxygen atoms in total. The minimum atomic E-state index is -4.48. The Balaban J connectivity index is 1.61. The third-order valence-corrected chi connectivity index (χ3v) is 3.91. The Morgan fingerprint density at radius 2 is 2.20 bits per heavy atom. The van der Waals surface area contributed by atoms with Crippen molar-refractivity contribution in [3.63, 3.8) is 0 Å². The highest BCUT2D eigenvalue weighted by Gasteiger charge is 2.29. The number of carbonyl (C=O) groups excluding carboxylic acids is 1. The van der Waals surface area contributed by atoms with Crippen molar-refractivity contribution in [3.8, 4) is 11.1 Å². The largest absolute Gasteiger partial charge is 0.405 e. The molecule has 3 aromatic heterocycles. The molecule has 1 fully saturated rings.